The van der Waals surface area contributed by atoms with Gasteiger partial charge < -0.3 is 19.6 Å². The topological polar surface area (TPSA) is 71.7 Å². The van der Waals surface area contributed by atoms with E-state index in [-0.39, 0.29) is 5.91 Å². The minimum absolute atomic E-state index is 0.166. The number of hydrogen-bond donors (Lipinski definition) is 2. The van der Waals surface area contributed by atoms with E-state index in [1.54, 1.807) is 24.3 Å². The van der Waals surface area contributed by atoms with Crippen LogP contribution in [0, 0.1) is 13.8 Å². The van der Waals surface area contributed by atoms with Gasteiger partial charge in [-0.3, -0.25) is 4.79 Å². The number of nitrogens with one attached hydrogen (secondary N) is 1. The van der Waals surface area contributed by atoms with Crippen LogP contribution in [0.2, 0.25) is 0 Å². The molecule has 0 aliphatic carbocycles. The number of carbonyl (C=O) groups is 1. The third kappa shape index (κ3) is 4.60. The van der Waals surface area contributed by atoms with Crippen LogP contribution in [-0.2, 0) is 0 Å². The molecule has 23 heavy (non-hydrogen) atoms. The van der Waals surface area contributed by atoms with Crippen molar-refractivity contribution in [2.75, 3.05) is 13.2 Å². The number of amides is 1. The van der Waals surface area contributed by atoms with E-state index >= 15 is 0 Å². The molecule has 1 heterocycles. The Bertz CT molecular complexity index is 646. The van der Waals surface area contributed by atoms with Crippen molar-refractivity contribution < 1.29 is 19.1 Å². The Balaban J connectivity index is 1.83. The molecule has 2 rings (SSSR count). The Morgan fingerprint density at radius 1 is 1.30 bits per heavy atom. The lowest BCUT2D eigenvalue weighted by Gasteiger charge is -2.11. The largest absolute Gasteiger partial charge is 0.494 e. The standard InChI is InChI=1S/C18H23NO4/c1-4-22-15-7-5-14(6-8-15)18(21)19-10-9-17(20)16-11-12(2)23-13(16)3/h5-8,11,17,20H,4,9-10H2,1-3H3,(H,19,21). The van der Waals surface area contributed by atoms with E-state index < -0.39 is 6.10 Å². The van der Waals surface area contributed by atoms with Gasteiger partial charge in [-0.15, -0.1) is 0 Å². The third-order valence-electron chi connectivity index (χ3n) is 3.57. The van der Waals surface area contributed by atoms with Gasteiger partial charge in [-0.2, -0.15) is 0 Å². The molecule has 0 spiro atoms. The van der Waals surface area contributed by atoms with Crippen LogP contribution in [0.4, 0.5) is 0 Å². The summed E-state index contributed by atoms with van der Waals surface area (Å²) in [5.41, 5.74) is 1.34. The number of ether oxygens (including phenoxy) is 1. The van der Waals surface area contributed by atoms with Gasteiger partial charge in [0.2, 0.25) is 0 Å². The first kappa shape index (κ1) is 17.1. The molecule has 0 saturated carbocycles. The molecule has 5 nitrogen and oxygen atoms in total. The van der Waals surface area contributed by atoms with E-state index in [1.807, 2.05) is 26.8 Å². The Hall–Kier alpha value is -2.27. The van der Waals surface area contributed by atoms with Gasteiger partial charge in [-0.05, 0) is 57.5 Å². The molecule has 1 unspecified atom stereocenters. The predicted molar refractivity (Wildman–Crippen MR) is 87.7 cm³/mol. The zero-order chi connectivity index (χ0) is 16.8. The fourth-order valence-corrected chi connectivity index (χ4v) is 2.43. The second kappa shape index (κ2) is 7.83. The van der Waals surface area contributed by atoms with Gasteiger partial charge in [0.25, 0.3) is 5.91 Å². The molecule has 1 atom stereocenters. The third-order valence-corrected chi connectivity index (χ3v) is 3.57. The van der Waals surface area contributed by atoms with E-state index in [9.17, 15) is 9.90 Å². The second-order valence-corrected chi connectivity index (χ2v) is 5.39. The summed E-state index contributed by atoms with van der Waals surface area (Å²) >= 11 is 0. The van der Waals surface area contributed by atoms with E-state index in [4.69, 9.17) is 9.15 Å². The fourth-order valence-electron chi connectivity index (χ4n) is 2.43. The number of hydrogen-bond acceptors (Lipinski definition) is 4. The maximum Gasteiger partial charge on any atom is 0.251 e. The Labute approximate surface area is 136 Å². The number of benzene rings is 1. The molecule has 0 fully saturated rings. The van der Waals surface area contributed by atoms with Crippen molar-refractivity contribution in [1.82, 2.24) is 5.32 Å². The summed E-state index contributed by atoms with van der Waals surface area (Å²) < 4.78 is 10.7. The van der Waals surface area contributed by atoms with Crippen LogP contribution in [0.5, 0.6) is 5.75 Å². The maximum atomic E-state index is 12.1. The molecule has 5 heteroatoms. The number of rotatable bonds is 7. The van der Waals surface area contributed by atoms with E-state index in [0.717, 1.165) is 17.1 Å². The highest BCUT2D eigenvalue weighted by molar-refractivity contribution is 5.94. The van der Waals surface area contributed by atoms with Crippen molar-refractivity contribution in [3.05, 3.63) is 53.0 Å². The highest BCUT2D eigenvalue weighted by atomic mass is 16.5. The summed E-state index contributed by atoms with van der Waals surface area (Å²) in [6.07, 6.45) is -0.212. The molecule has 0 aliphatic heterocycles. The van der Waals surface area contributed by atoms with E-state index in [2.05, 4.69) is 5.32 Å². The summed E-state index contributed by atoms with van der Waals surface area (Å²) in [7, 11) is 0. The molecule has 2 N–H and O–H groups in total. The summed E-state index contributed by atoms with van der Waals surface area (Å²) in [6.45, 7) is 6.56. The molecule has 0 saturated heterocycles. The average molecular weight is 317 g/mol. The highest BCUT2D eigenvalue weighted by Gasteiger charge is 2.15. The van der Waals surface area contributed by atoms with Gasteiger partial charge in [0.05, 0.1) is 12.7 Å². The van der Waals surface area contributed by atoms with E-state index in [0.29, 0.717) is 30.9 Å². The number of furan rings is 1. The molecule has 2 aromatic rings. The molecule has 0 aliphatic rings. The monoisotopic (exact) mass is 317 g/mol. The molecule has 1 aromatic carbocycles. The molecular formula is C18H23NO4. The minimum atomic E-state index is -0.645. The van der Waals surface area contributed by atoms with Crippen molar-refractivity contribution in [3.8, 4) is 5.75 Å². The normalized spacial score (nSPS) is 12.0. The zero-order valence-corrected chi connectivity index (χ0v) is 13.8. The smallest absolute Gasteiger partial charge is 0.251 e. The van der Waals surface area contributed by atoms with Crippen LogP contribution in [-0.4, -0.2) is 24.2 Å². The van der Waals surface area contributed by atoms with Crippen LogP contribution in [0.3, 0.4) is 0 Å². The SMILES string of the molecule is CCOc1ccc(C(=O)NCCC(O)c2cc(C)oc2C)cc1. The van der Waals surface area contributed by atoms with Crippen LogP contribution in [0.25, 0.3) is 0 Å². The number of carbonyl (C=O) groups excluding carboxylic acids is 1. The highest BCUT2D eigenvalue weighted by Crippen LogP contribution is 2.23. The lowest BCUT2D eigenvalue weighted by Crippen LogP contribution is -2.25. The first-order chi connectivity index (χ1) is 11.0. The molecular weight excluding hydrogens is 294 g/mol. The van der Waals surface area contributed by atoms with Gasteiger partial charge in [0.1, 0.15) is 17.3 Å². The van der Waals surface area contributed by atoms with E-state index in [1.165, 1.54) is 0 Å². The quantitative estimate of drug-likeness (QED) is 0.823. The summed E-state index contributed by atoms with van der Waals surface area (Å²) in [4.78, 5) is 12.1. The van der Waals surface area contributed by atoms with Gasteiger partial charge in [-0.25, -0.2) is 0 Å². The molecule has 0 bridgehead atoms. The van der Waals surface area contributed by atoms with Crippen molar-refractivity contribution >= 4 is 5.91 Å². The Kier molecular flexibility index (Phi) is 5.82. The maximum absolute atomic E-state index is 12.1. The van der Waals surface area contributed by atoms with Gasteiger partial charge in [-0.1, -0.05) is 0 Å². The lowest BCUT2D eigenvalue weighted by molar-refractivity contribution is 0.0942. The minimum Gasteiger partial charge on any atom is -0.494 e. The van der Waals surface area contributed by atoms with Crippen LogP contribution in [0.1, 0.15) is 46.9 Å². The lowest BCUT2D eigenvalue weighted by atomic mass is 10.1. The fraction of sp³-hybridized carbons (Fsp3) is 0.389. The predicted octanol–water partition coefficient (Wildman–Crippen LogP) is 3.15. The van der Waals surface area contributed by atoms with Gasteiger partial charge >= 0.3 is 0 Å². The first-order valence-electron chi connectivity index (χ1n) is 7.77. The number of aliphatic hydroxyl groups excluding tert-OH is 1. The Morgan fingerprint density at radius 3 is 2.57 bits per heavy atom. The summed E-state index contributed by atoms with van der Waals surface area (Å²) in [5.74, 6) is 2.06. The molecule has 1 amide bonds. The number of aliphatic hydroxyl groups is 1. The molecule has 1 aromatic heterocycles. The van der Waals surface area contributed by atoms with Crippen LogP contribution in [0.15, 0.2) is 34.7 Å². The van der Waals surface area contributed by atoms with Crippen molar-refractivity contribution in [3.63, 3.8) is 0 Å². The van der Waals surface area contributed by atoms with Crippen LogP contribution >= 0.6 is 0 Å². The average Bonchev–Trinajstić information content (AvgIpc) is 2.87. The number of aryl methyl sites for hydroxylation is 2. The molecule has 0 radical (unpaired) electrons. The van der Waals surface area contributed by atoms with Gasteiger partial charge in [0.15, 0.2) is 0 Å². The summed E-state index contributed by atoms with van der Waals surface area (Å²) in [6, 6.07) is 8.81. The van der Waals surface area contributed by atoms with Crippen LogP contribution < -0.4 is 10.1 Å². The van der Waals surface area contributed by atoms with Crippen molar-refractivity contribution in [1.29, 1.82) is 0 Å². The Morgan fingerprint density at radius 2 is 2.00 bits per heavy atom. The second-order valence-electron chi connectivity index (χ2n) is 5.39. The zero-order valence-electron chi connectivity index (χ0n) is 13.8. The van der Waals surface area contributed by atoms with Crippen molar-refractivity contribution in [2.24, 2.45) is 0 Å². The summed E-state index contributed by atoms with van der Waals surface area (Å²) in [5, 5.41) is 13.0. The van der Waals surface area contributed by atoms with Crippen molar-refractivity contribution in [2.45, 2.75) is 33.3 Å². The van der Waals surface area contributed by atoms with Gasteiger partial charge in [0, 0.05) is 17.7 Å². The molecule has 124 valence electrons. The first-order valence-corrected chi connectivity index (χ1v) is 7.77.